The Balaban J connectivity index is 1.70. The fourth-order valence-electron chi connectivity index (χ4n) is 3.80. The maximum absolute atomic E-state index is 11.8. The van der Waals surface area contributed by atoms with Crippen molar-refractivity contribution in [1.82, 2.24) is 20.1 Å². The van der Waals surface area contributed by atoms with Crippen LogP contribution in [-0.2, 0) is 21.3 Å². The Bertz CT molecular complexity index is 1320. The highest BCUT2D eigenvalue weighted by Gasteiger charge is 2.19. The van der Waals surface area contributed by atoms with Crippen molar-refractivity contribution in [2.75, 3.05) is 50.1 Å². The minimum atomic E-state index is -3.56. The minimum absolute atomic E-state index is 0.129. The van der Waals surface area contributed by atoms with E-state index in [4.69, 9.17) is 25.0 Å². The van der Waals surface area contributed by atoms with E-state index in [0.717, 1.165) is 38.6 Å². The molecule has 1 aliphatic rings. The molecule has 3 heterocycles. The van der Waals surface area contributed by atoms with Crippen LogP contribution >= 0.6 is 0 Å². The molecule has 12 nitrogen and oxygen atoms in total. The van der Waals surface area contributed by atoms with E-state index < -0.39 is 10.0 Å². The van der Waals surface area contributed by atoms with Crippen molar-refractivity contribution in [3.05, 3.63) is 35.9 Å². The molecule has 1 aliphatic heterocycles. The van der Waals surface area contributed by atoms with Gasteiger partial charge in [-0.3, -0.25) is 9.62 Å². The lowest BCUT2D eigenvalue weighted by molar-refractivity contribution is 0.138. The van der Waals surface area contributed by atoms with Gasteiger partial charge in [0.05, 0.1) is 32.1 Å². The number of ether oxygens (including phenoxy) is 2. The van der Waals surface area contributed by atoms with Crippen molar-refractivity contribution in [2.45, 2.75) is 13.0 Å². The van der Waals surface area contributed by atoms with Gasteiger partial charge in [0, 0.05) is 48.9 Å². The van der Waals surface area contributed by atoms with Crippen LogP contribution in [0.1, 0.15) is 17.9 Å². The standard InChI is InChI=1S/C22H27N7O5S/c1-32-22-19(28-35(2,30)31)10-15(12-25-22)14-8-16(17(11-23)18(24)9-14)21-27-26-20(34-21)13-29-4-3-6-33-7-5-29/h8-12,23,28H,3-7,13,24H2,1-2H3. The smallest absolute Gasteiger partial charge is 0.248 e. The summed E-state index contributed by atoms with van der Waals surface area (Å²) in [6, 6.07) is 5.02. The molecule has 1 fully saturated rings. The molecule has 0 bridgehead atoms. The Kier molecular flexibility index (Phi) is 7.28. The van der Waals surface area contributed by atoms with Gasteiger partial charge in [0.25, 0.3) is 0 Å². The van der Waals surface area contributed by atoms with Crippen molar-refractivity contribution in [3.8, 4) is 28.5 Å². The van der Waals surface area contributed by atoms with E-state index in [2.05, 4.69) is 24.8 Å². The number of aromatic nitrogens is 3. The van der Waals surface area contributed by atoms with E-state index in [1.54, 1.807) is 18.2 Å². The Labute approximate surface area is 203 Å². The molecular weight excluding hydrogens is 474 g/mol. The number of nitrogens with zero attached hydrogens (tertiary/aromatic N) is 4. The molecular formula is C22H27N7O5S. The predicted octanol–water partition coefficient (Wildman–Crippen LogP) is 1.98. The van der Waals surface area contributed by atoms with Crippen LogP contribution in [0.3, 0.4) is 0 Å². The average Bonchev–Trinajstić information content (AvgIpc) is 3.12. The fourth-order valence-corrected chi connectivity index (χ4v) is 4.35. The van der Waals surface area contributed by atoms with Crippen molar-refractivity contribution < 1.29 is 22.3 Å². The Hall–Kier alpha value is -3.55. The number of hydrogen-bond donors (Lipinski definition) is 3. The number of nitrogens with two attached hydrogens (primary N) is 1. The van der Waals surface area contributed by atoms with Crippen molar-refractivity contribution in [1.29, 1.82) is 5.41 Å². The number of methoxy groups -OCH3 is 1. The van der Waals surface area contributed by atoms with Crippen molar-refractivity contribution >= 4 is 27.6 Å². The Morgan fingerprint density at radius 3 is 2.80 bits per heavy atom. The van der Waals surface area contributed by atoms with Gasteiger partial charge in [-0.2, -0.15) is 0 Å². The lowest BCUT2D eigenvalue weighted by Crippen LogP contribution is -2.25. The molecule has 13 heteroatoms. The van der Waals surface area contributed by atoms with Crippen LogP contribution in [0.5, 0.6) is 5.88 Å². The van der Waals surface area contributed by atoms with Crippen LogP contribution in [0.25, 0.3) is 22.6 Å². The number of anilines is 2. The summed E-state index contributed by atoms with van der Waals surface area (Å²) in [5, 5.41) is 16.2. The molecule has 0 aliphatic carbocycles. The summed E-state index contributed by atoms with van der Waals surface area (Å²) >= 11 is 0. The quantitative estimate of drug-likeness (QED) is 0.306. The largest absolute Gasteiger partial charge is 0.480 e. The highest BCUT2D eigenvalue weighted by Crippen LogP contribution is 2.35. The van der Waals surface area contributed by atoms with Crippen LogP contribution in [-0.4, -0.2) is 74.4 Å². The molecule has 2 aromatic heterocycles. The molecule has 3 aromatic rings. The van der Waals surface area contributed by atoms with Gasteiger partial charge < -0.3 is 25.0 Å². The van der Waals surface area contributed by atoms with Crippen LogP contribution in [0.15, 0.2) is 28.8 Å². The molecule has 0 amide bonds. The van der Waals surface area contributed by atoms with E-state index in [9.17, 15) is 8.42 Å². The number of benzene rings is 1. The first kappa shape index (κ1) is 24.6. The Morgan fingerprint density at radius 2 is 2.06 bits per heavy atom. The first-order valence-electron chi connectivity index (χ1n) is 10.9. The molecule has 0 unspecified atom stereocenters. The third-order valence-corrected chi connectivity index (χ3v) is 5.99. The van der Waals surface area contributed by atoms with Crippen LogP contribution in [0.2, 0.25) is 0 Å². The average molecular weight is 502 g/mol. The molecule has 0 saturated carbocycles. The monoisotopic (exact) mass is 501 g/mol. The van der Waals surface area contributed by atoms with Crippen molar-refractivity contribution in [3.63, 3.8) is 0 Å². The van der Waals surface area contributed by atoms with Gasteiger partial charge in [0.1, 0.15) is 5.69 Å². The maximum Gasteiger partial charge on any atom is 0.248 e. The van der Waals surface area contributed by atoms with E-state index >= 15 is 0 Å². The third-order valence-electron chi connectivity index (χ3n) is 5.40. The van der Waals surface area contributed by atoms with E-state index in [0.29, 0.717) is 47.0 Å². The summed E-state index contributed by atoms with van der Waals surface area (Å²) in [6.07, 6.45) is 4.65. The predicted molar refractivity (Wildman–Crippen MR) is 131 cm³/mol. The summed E-state index contributed by atoms with van der Waals surface area (Å²) in [5.41, 5.74) is 8.89. The number of nitrogen functional groups attached to an aromatic ring is 1. The third kappa shape index (κ3) is 5.93. The molecule has 0 radical (unpaired) electrons. The summed E-state index contributed by atoms with van der Waals surface area (Å²) in [5.74, 6) is 0.811. The topological polar surface area (TPSA) is 170 Å². The molecule has 0 atom stereocenters. The number of nitrogens with one attached hydrogen (secondary N) is 2. The molecule has 1 aromatic carbocycles. The van der Waals surface area contributed by atoms with Crippen molar-refractivity contribution in [2.24, 2.45) is 0 Å². The second-order valence-electron chi connectivity index (χ2n) is 8.07. The molecule has 4 rings (SSSR count). The molecule has 35 heavy (non-hydrogen) atoms. The van der Waals surface area contributed by atoms with E-state index in [-0.39, 0.29) is 17.5 Å². The number of hydrogen-bond acceptors (Lipinski definition) is 11. The highest BCUT2D eigenvalue weighted by atomic mass is 32.2. The lowest BCUT2D eigenvalue weighted by Gasteiger charge is -2.16. The van der Waals surface area contributed by atoms with E-state index in [1.807, 2.05) is 0 Å². The van der Waals surface area contributed by atoms with E-state index in [1.165, 1.54) is 13.3 Å². The Morgan fingerprint density at radius 1 is 1.23 bits per heavy atom. The number of rotatable bonds is 8. The van der Waals surface area contributed by atoms with Gasteiger partial charge in [-0.05, 0) is 30.2 Å². The van der Waals surface area contributed by atoms with Crippen LogP contribution in [0, 0.1) is 5.41 Å². The fraction of sp³-hybridized carbons (Fsp3) is 0.364. The SMILES string of the molecule is COc1ncc(-c2cc(N)c(C=N)c(-c3nnc(CN4CCCOCC4)o3)c2)cc1NS(C)(=O)=O. The maximum atomic E-state index is 11.8. The number of pyridine rings is 1. The zero-order valence-electron chi connectivity index (χ0n) is 19.4. The van der Waals surface area contributed by atoms with Gasteiger partial charge in [0.15, 0.2) is 0 Å². The zero-order chi connectivity index (χ0) is 25.0. The molecule has 1 saturated heterocycles. The van der Waals surface area contributed by atoms with Gasteiger partial charge in [0.2, 0.25) is 27.7 Å². The summed E-state index contributed by atoms with van der Waals surface area (Å²) in [6.45, 7) is 3.54. The molecule has 4 N–H and O–H groups in total. The molecule has 186 valence electrons. The lowest BCUT2D eigenvalue weighted by atomic mass is 9.98. The zero-order valence-corrected chi connectivity index (χ0v) is 20.3. The first-order chi connectivity index (χ1) is 16.8. The first-order valence-corrected chi connectivity index (χ1v) is 12.8. The highest BCUT2D eigenvalue weighted by molar-refractivity contribution is 7.92. The van der Waals surface area contributed by atoms with Crippen LogP contribution < -0.4 is 15.2 Å². The summed E-state index contributed by atoms with van der Waals surface area (Å²) < 4.78 is 42.6. The van der Waals surface area contributed by atoms with Gasteiger partial charge in [-0.25, -0.2) is 13.4 Å². The second kappa shape index (κ2) is 10.4. The minimum Gasteiger partial charge on any atom is -0.480 e. The molecule has 0 spiro atoms. The van der Waals surface area contributed by atoms with Gasteiger partial charge >= 0.3 is 0 Å². The summed E-state index contributed by atoms with van der Waals surface area (Å²) in [7, 11) is -2.16. The van der Waals surface area contributed by atoms with Crippen LogP contribution in [0.4, 0.5) is 11.4 Å². The second-order valence-corrected chi connectivity index (χ2v) is 9.82. The normalized spacial score (nSPS) is 14.9. The van der Waals surface area contributed by atoms with Gasteiger partial charge in [-0.1, -0.05) is 0 Å². The van der Waals surface area contributed by atoms with Gasteiger partial charge in [-0.15, -0.1) is 10.2 Å². The summed E-state index contributed by atoms with van der Waals surface area (Å²) in [4.78, 5) is 6.39. The number of sulfonamides is 1.